The van der Waals surface area contributed by atoms with E-state index in [1.807, 2.05) is 0 Å². The van der Waals surface area contributed by atoms with Crippen LogP contribution in [0.2, 0.25) is 0 Å². The van der Waals surface area contributed by atoms with Crippen molar-refractivity contribution in [3.05, 3.63) is 25.3 Å². The Morgan fingerprint density at radius 2 is 1.04 bits per heavy atom. The number of carbonyl (C=O) groups excluding carboxylic acids is 2. The van der Waals surface area contributed by atoms with Crippen LogP contribution in [0.5, 0.6) is 0 Å². The van der Waals surface area contributed by atoms with Crippen LogP contribution in [0.3, 0.4) is 0 Å². The molecule has 0 aliphatic heterocycles. The Bertz CT molecular complexity index is 331. The Kier molecular flexibility index (Phi) is 26.1. The normalized spacial score (nSPS) is 14.2. The first kappa shape index (κ1) is 32.0. The Morgan fingerprint density at radius 3 is 1.21 bits per heavy atom. The molecule has 10 heteroatoms. The summed E-state index contributed by atoms with van der Waals surface area (Å²) >= 11 is 0. The summed E-state index contributed by atoms with van der Waals surface area (Å²) in [5.74, 6) is -2.65. The Morgan fingerprint density at radius 1 is 0.792 bits per heavy atom. The predicted octanol–water partition coefficient (Wildman–Crippen LogP) is -9.14. The van der Waals surface area contributed by atoms with Gasteiger partial charge in [0.25, 0.3) is 0 Å². The number of aliphatic hydroxyl groups is 4. The number of hydrogen-bond donors (Lipinski definition) is 4. The average molecular weight is 364 g/mol. The van der Waals surface area contributed by atoms with Crippen LogP contribution in [0.4, 0.5) is 0 Å². The van der Waals surface area contributed by atoms with Gasteiger partial charge in [0.05, 0.1) is 24.4 Å². The van der Waals surface area contributed by atoms with Gasteiger partial charge in [-0.3, -0.25) is 0 Å². The molecule has 0 fully saturated rings. The molecule has 0 saturated heterocycles. The summed E-state index contributed by atoms with van der Waals surface area (Å²) < 4.78 is 0. The average Bonchev–Trinajstić information content (AvgIpc) is 2.36. The van der Waals surface area contributed by atoms with Gasteiger partial charge in [-0.2, -0.15) is 0 Å². The third kappa shape index (κ3) is 24.5. The molecule has 4 N–H and O–H groups in total. The number of carboxylic acid groups (broad SMARTS) is 2. The molecule has 8 nitrogen and oxygen atoms in total. The first-order valence-corrected chi connectivity index (χ1v) is 6.49. The number of aliphatic hydroxyl groups excluding tert-OH is 4. The first-order valence-electron chi connectivity index (χ1n) is 6.49. The fraction of sp³-hybridized carbons (Fsp3) is 0.571. The third-order valence-electron chi connectivity index (χ3n) is 2.38. The van der Waals surface area contributed by atoms with E-state index in [1.54, 1.807) is 0 Å². The molecule has 0 rings (SSSR count). The topological polar surface area (TPSA) is 161 Å². The summed E-state index contributed by atoms with van der Waals surface area (Å²) in [6, 6.07) is 0. The number of carbonyl (C=O) groups is 2. The van der Waals surface area contributed by atoms with Crippen molar-refractivity contribution in [2.45, 2.75) is 50.1 Å². The van der Waals surface area contributed by atoms with Crippen LogP contribution in [-0.4, -0.2) is 56.8 Å². The van der Waals surface area contributed by atoms with Gasteiger partial charge in [0.1, 0.15) is 0 Å². The molecule has 0 aromatic carbocycles. The maximum absolute atomic E-state index is 9.90. The van der Waals surface area contributed by atoms with E-state index >= 15 is 0 Å². The van der Waals surface area contributed by atoms with E-state index in [1.165, 1.54) is 12.2 Å². The quantitative estimate of drug-likeness (QED) is 0.219. The van der Waals surface area contributed by atoms with E-state index in [-0.39, 0.29) is 72.0 Å². The monoisotopic (exact) mass is 364 g/mol. The molecule has 0 aromatic heterocycles. The van der Waals surface area contributed by atoms with Gasteiger partial charge in [-0.05, 0) is 0 Å². The van der Waals surface area contributed by atoms with Crippen LogP contribution < -0.4 is 69.3 Å². The van der Waals surface area contributed by atoms with Gasteiger partial charge in [0.15, 0.2) is 0 Å². The maximum atomic E-state index is 9.90. The zero-order valence-corrected chi connectivity index (χ0v) is 18.1. The molecule has 0 amide bonds. The van der Waals surface area contributed by atoms with Gasteiger partial charge in [-0.25, -0.2) is 0 Å². The number of carboxylic acids is 2. The van der Waals surface area contributed by atoms with Crippen molar-refractivity contribution >= 4 is 11.9 Å². The fourth-order valence-electron chi connectivity index (χ4n) is 1.30. The molecule has 0 aromatic rings. The molecule has 0 heterocycles. The van der Waals surface area contributed by atoms with Crippen molar-refractivity contribution in [2.75, 3.05) is 0 Å². The molecular weight excluding hydrogens is 342 g/mol. The van der Waals surface area contributed by atoms with Crippen molar-refractivity contribution in [2.24, 2.45) is 0 Å². The molecule has 0 aliphatic carbocycles. The number of rotatable bonds is 10. The van der Waals surface area contributed by atoms with Crippen molar-refractivity contribution in [3.8, 4) is 0 Å². The minimum absolute atomic E-state index is 0. The molecule has 128 valence electrons. The number of aliphatic carboxylic acids is 2. The smallest absolute Gasteiger partial charge is 0.550 e. The van der Waals surface area contributed by atoms with Gasteiger partial charge in [0.2, 0.25) is 0 Å². The first-order chi connectivity index (χ1) is 10.1. The van der Waals surface area contributed by atoms with Crippen molar-refractivity contribution in [3.63, 3.8) is 0 Å². The second kappa shape index (κ2) is 19.6. The zero-order valence-electron chi connectivity index (χ0n) is 14.1. The van der Waals surface area contributed by atoms with Crippen LogP contribution in [0.1, 0.15) is 25.7 Å². The van der Waals surface area contributed by atoms with Crippen LogP contribution in [-0.2, 0) is 9.59 Å². The molecule has 0 aliphatic rings. The SMILES string of the molecule is C=CC(O)CC(O)CC(=O)[O-].C=CC(O)CC(O)CC(=O)[O-].[Na+].[Na+]. The summed E-state index contributed by atoms with van der Waals surface area (Å²) in [5, 5.41) is 55.3. The van der Waals surface area contributed by atoms with Crippen molar-refractivity contribution < 1.29 is 99.3 Å². The van der Waals surface area contributed by atoms with E-state index < -0.39 is 49.2 Å². The molecule has 0 saturated carbocycles. The second-order valence-electron chi connectivity index (χ2n) is 4.54. The molecule has 24 heavy (non-hydrogen) atoms. The molecule has 4 unspecified atom stereocenters. The fourth-order valence-corrected chi connectivity index (χ4v) is 1.30. The Hall–Kier alpha value is 0.260. The third-order valence-corrected chi connectivity index (χ3v) is 2.38. The van der Waals surface area contributed by atoms with E-state index in [0.29, 0.717) is 0 Å². The Labute approximate surface area is 185 Å². The molecule has 0 radical (unpaired) electrons. The summed E-state index contributed by atoms with van der Waals surface area (Å²) in [6.07, 6.45) is -2.31. The number of hydrogen-bond acceptors (Lipinski definition) is 8. The van der Waals surface area contributed by atoms with E-state index in [0.717, 1.165) is 0 Å². The van der Waals surface area contributed by atoms with E-state index in [2.05, 4.69) is 13.2 Å². The van der Waals surface area contributed by atoms with Crippen molar-refractivity contribution in [1.29, 1.82) is 0 Å². The largest absolute Gasteiger partial charge is 1.00 e. The van der Waals surface area contributed by atoms with Gasteiger partial charge < -0.3 is 40.2 Å². The predicted molar refractivity (Wildman–Crippen MR) is 72.9 cm³/mol. The molecule has 4 atom stereocenters. The van der Waals surface area contributed by atoms with Gasteiger partial charge in [0, 0.05) is 37.6 Å². The van der Waals surface area contributed by atoms with Crippen LogP contribution in [0, 0.1) is 0 Å². The zero-order chi connectivity index (χ0) is 17.7. The van der Waals surface area contributed by atoms with Gasteiger partial charge in [-0.1, -0.05) is 12.2 Å². The molecule has 0 spiro atoms. The summed E-state index contributed by atoms with van der Waals surface area (Å²) in [7, 11) is 0. The summed E-state index contributed by atoms with van der Waals surface area (Å²) in [5.41, 5.74) is 0. The van der Waals surface area contributed by atoms with E-state index in [9.17, 15) is 19.8 Å². The standard InChI is InChI=1S/2C7H12O4.2Na/c2*1-2-5(8)3-6(9)4-7(10)11;;/h2*2,5-6,8-9H,1,3-4H2,(H,10,11);;/q;;2*+1/p-2. The van der Waals surface area contributed by atoms with Gasteiger partial charge >= 0.3 is 59.1 Å². The Balaban J connectivity index is -0.000000154. The maximum Gasteiger partial charge on any atom is 1.00 e. The molecule has 0 bridgehead atoms. The second-order valence-corrected chi connectivity index (χ2v) is 4.54. The molecular formula is C14H22Na2O8. The van der Waals surface area contributed by atoms with Crippen molar-refractivity contribution in [1.82, 2.24) is 0 Å². The minimum atomic E-state index is -1.33. The van der Waals surface area contributed by atoms with Crippen LogP contribution in [0.25, 0.3) is 0 Å². The van der Waals surface area contributed by atoms with E-state index in [4.69, 9.17) is 20.4 Å². The summed E-state index contributed by atoms with van der Waals surface area (Å²) in [6.45, 7) is 6.54. The van der Waals surface area contributed by atoms with Crippen LogP contribution >= 0.6 is 0 Å². The van der Waals surface area contributed by atoms with Crippen LogP contribution in [0.15, 0.2) is 25.3 Å². The minimum Gasteiger partial charge on any atom is -0.550 e. The van der Waals surface area contributed by atoms with Gasteiger partial charge in [-0.15, -0.1) is 13.2 Å². The summed E-state index contributed by atoms with van der Waals surface area (Å²) in [4.78, 5) is 19.8.